The zero-order chi connectivity index (χ0) is 16.2. The summed E-state index contributed by atoms with van der Waals surface area (Å²) < 4.78 is 39.9. The lowest BCUT2D eigenvalue weighted by atomic mass is 10.2. The highest BCUT2D eigenvalue weighted by Crippen LogP contribution is 2.22. The van der Waals surface area contributed by atoms with Gasteiger partial charge < -0.3 is 10.2 Å². The summed E-state index contributed by atoms with van der Waals surface area (Å²) in [6.45, 7) is 3.15. The quantitative estimate of drug-likeness (QED) is 0.790. The first-order valence-corrected chi connectivity index (χ1v) is 7.81. The molecule has 0 fully saturated rings. The molecular formula is C13H18FNO5S. The van der Waals surface area contributed by atoms with Crippen LogP contribution in [0.3, 0.4) is 0 Å². The molecule has 0 unspecified atom stereocenters. The Kier molecular flexibility index (Phi) is 5.82. The molecule has 118 valence electrons. The molecule has 0 amide bonds. The van der Waals surface area contributed by atoms with Crippen molar-refractivity contribution in [3.8, 4) is 0 Å². The number of benzene rings is 1. The van der Waals surface area contributed by atoms with Crippen molar-refractivity contribution in [3.63, 3.8) is 0 Å². The Morgan fingerprint density at radius 2 is 2.00 bits per heavy atom. The van der Waals surface area contributed by atoms with Crippen molar-refractivity contribution in [2.75, 3.05) is 13.2 Å². The van der Waals surface area contributed by atoms with Gasteiger partial charge in [-0.25, -0.2) is 17.6 Å². The Balaban J connectivity index is 3.25. The standard InChI is InChI=1S/C13H18FNO5S/c1-9(2)15(6-3-7-16)21(19,20)12-5-4-10(13(17)18)8-11(12)14/h4-5,8-9,16H,3,6-7H2,1-2H3,(H,17,18). The average Bonchev–Trinajstić information content (AvgIpc) is 2.37. The van der Waals surface area contributed by atoms with E-state index in [-0.39, 0.29) is 25.1 Å². The first kappa shape index (κ1) is 17.5. The highest BCUT2D eigenvalue weighted by Gasteiger charge is 2.29. The predicted molar refractivity (Wildman–Crippen MR) is 74.1 cm³/mol. The molecule has 0 saturated heterocycles. The summed E-state index contributed by atoms with van der Waals surface area (Å²) in [5.41, 5.74) is -0.321. The molecule has 0 aliphatic carbocycles. The number of aliphatic hydroxyl groups excluding tert-OH is 1. The lowest BCUT2D eigenvalue weighted by Crippen LogP contribution is -2.38. The van der Waals surface area contributed by atoms with Gasteiger partial charge in [-0.2, -0.15) is 4.31 Å². The molecule has 21 heavy (non-hydrogen) atoms. The number of carbonyl (C=O) groups is 1. The van der Waals surface area contributed by atoms with Crippen LogP contribution in [0.4, 0.5) is 4.39 Å². The van der Waals surface area contributed by atoms with Gasteiger partial charge in [0.05, 0.1) is 5.56 Å². The number of aromatic carboxylic acids is 1. The minimum atomic E-state index is -4.09. The van der Waals surface area contributed by atoms with Crippen molar-refractivity contribution < 1.29 is 27.8 Å². The first-order valence-electron chi connectivity index (χ1n) is 6.37. The topological polar surface area (TPSA) is 94.9 Å². The molecule has 0 aromatic heterocycles. The molecule has 0 heterocycles. The molecule has 0 saturated carbocycles. The van der Waals surface area contributed by atoms with Crippen molar-refractivity contribution in [1.82, 2.24) is 4.31 Å². The van der Waals surface area contributed by atoms with Gasteiger partial charge in [-0.1, -0.05) is 0 Å². The molecule has 2 N–H and O–H groups in total. The number of nitrogens with zero attached hydrogens (tertiary/aromatic N) is 1. The molecule has 8 heteroatoms. The van der Waals surface area contributed by atoms with Gasteiger partial charge in [0.25, 0.3) is 0 Å². The molecule has 0 aliphatic rings. The van der Waals surface area contributed by atoms with Crippen LogP contribution in [0.1, 0.15) is 30.6 Å². The van der Waals surface area contributed by atoms with Crippen molar-refractivity contribution in [2.24, 2.45) is 0 Å². The molecular weight excluding hydrogens is 301 g/mol. The SMILES string of the molecule is CC(C)N(CCCO)S(=O)(=O)c1ccc(C(=O)O)cc1F. The largest absolute Gasteiger partial charge is 0.478 e. The fourth-order valence-corrected chi connectivity index (χ4v) is 3.57. The number of halogens is 1. The van der Waals surface area contributed by atoms with Crippen LogP contribution in [0.25, 0.3) is 0 Å². The average molecular weight is 319 g/mol. The summed E-state index contributed by atoms with van der Waals surface area (Å²) in [5, 5.41) is 17.6. The predicted octanol–water partition coefficient (Wildman–Crippen LogP) is 1.31. The second kappa shape index (κ2) is 6.97. The van der Waals surface area contributed by atoms with Crippen molar-refractivity contribution in [1.29, 1.82) is 0 Å². The lowest BCUT2D eigenvalue weighted by molar-refractivity contribution is 0.0696. The van der Waals surface area contributed by atoms with Gasteiger partial charge in [-0.05, 0) is 38.5 Å². The molecule has 0 aliphatic heterocycles. The number of sulfonamides is 1. The minimum absolute atomic E-state index is 0.0522. The molecule has 1 aromatic carbocycles. The highest BCUT2D eigenvalue weighted by atomic mass is 32.2. The van der Waals surface area contributed by atoms with Gasteiger partial charge in [-0.3, -0.25) is 0 Å². The Hall–Kier alpha value is -1.51. The normalized spacial score (nSPS) is 12.1. The molecule has 0 radical (unpaired) electrons. The van der Waals surface area contributed by atoms with Crippen LogP contribution in [0, 0.1) is 5.82 Å². The van der Waals surface area contributed by atoms with E-state index in [1.54, 1.807) is 13.8 Å². The van der Waals surface area contributed by atoms with Crippen molar-refractivity contribution in [3.05, 3.63) is 29.6 Å². The van der Waals surface area contributed by atoms with E-state index in [0.717, 1.165) is 16.4 Å². The maximum absolute atomic E-state index is 13.9. The molecule has 6 nitrogen and oxygen atoms in total. The Morgan fingerprint density at radius 3 is 2.43 bits per heavy atom. The van der Waals surface area contributed by atoms with Crippen LogP contribution in [-0.2, 0) is 10.0 Å². The third-order valence-corrected chi connectivity index (χ3v) is 4.99. The second-order valence-electron chi connectivity index (χ2n) is 4.74. The number of aliphatic hydroxyl groups is 1. The summed E-state index contributed by atoms with van der Waals surface area (Å²) in [6.07, 6.45) is 0.228. The Labute approximate surface area is 122 Å². The number of carboxylic acids is 1. The smallest absolute Gasteiger partial charge is 0.335 e. The molecule has 0 atom stereocenters. The summed E-state index contributed by atoms with van der Waals surface area (Å²) in [5.74, 6) is -2.44. The fraction of sp³-hybridized carbons (Fsp3) is 0.462. The maximum Gasteiger partial charge on any atom is 0.335 e. The second-order valence-corrected chi connectivity index (χ2v) is 6.60. The first-order chi connectivity index (χ1) is 9.71. The number of hydrogen-bond donors (Lipinski definition) is 2. The Morgan fingerprint density at radius 1 is 1.38 bits per heavy atom. The van der Waals surface area contributed by atoms with Crippen LogP contribution in [-0.4, -0.2) is 48.1 Å². The van der Waals surface area contributed by atoms with E-state index in [1.165, 1.54) is 0 Å². The van der Waals surface area contributed by atoms with Crippen molar-refractivity contribution >= 4 is 16.0 Å². The van der Waals surface area contributed by atoms with Crippen LogP contribution in [0.5, 0.6) is 0 Å². The van der Waals surface area contributed by atoms with Gasteiger partial charge in [0.2, 0.25) is 10.0 Å². The summed E-state index contributed by atoms with van der Waals surface area (Å²) in [6, 6.07) is 2.26. The molecule has 0 spiro atoms. The molecule has 0 bridgehead atoms. The zero-order valence-corrected chi connectivity index (χ0v) is 12.6. The fourth-order valence-electron chi connectivity index (χ4n) is 1.85. The monoisotopic (exact) mass is 319 g/mol. The van der Waals surface area contributed by atoms with E-state index in [0.29, 0.717) is 6.07 Å². The lowest BCUT2D eigenvalue weighted by Gasteiger charge is -2.25. The van der Waals surface area contributed by atoms with Crippen LogP contribution < -0.4 is 0 Å². The van der Waals surface area contributed by atoms with E-state index in [4.69, 9.17) is 10.2 Å². The van der Waals surface area contributed by atoms with Crippen LogP contribution >= 0.6 is 0 Å². The number of carboxylic acid groups (broad SMARTS) is 1. The van der Waals surface area contributed by atoms with E-state index in [1.807, 2.05) is 0 Å². The maximum atomic E-state index is 13.9. The third-order valence-electron chi connectivity index (χ3n) is 2.88. The highest BCUT2D eigenvalue weighted by molar-refractivity contribution is 7.89. The van der Waals surface area contributed by atoms with E-state index < -0.39 is 32.7 Å². The number of hydrogen-bond acceptors (Lipinski definition) is 4. The van der Waals surface area contributed by atoms with Crippen LogP contribution in [0.15, 0.2) is 23.1 Å². The number of rotatable bonds is 7. The van der Waals surface area contributed by atoms with E-state index >= 15 is 0 Å². The van der Waals surface area contributed by atoms with Gasteiger partial charge in [0.1, 0.15) is 10.7 Å². The minimum Gasteiger partial charge on any atom is -0.478 e. The third kappa shape index (κ3) is 3.99. The van der Waals surface area contributed by atoms with Gasteiger partial charge in [-0.15, -0.1) is 0 Å². The van der Waals surface area contributed by atoms with E-state index in [2.05, 4.69) is 0 Å². The van der Waals surface area contributed by atoms with Gasteiger partial charge >= 0.3 is 5.97 Å². The molecule has 1 rings (SSSR count). The van der Waals surface area contributed by atoms with Gasteiger partial charge in [0, 0.05) is 19.2 Å². The zero-order valence-electron chi connectivity index (χ0n) is 11.8. The summed E-state index contributed by atoms with van der Waals surface area (Å²) in [4.78, 5) is 10.2. The summed E-state index contributed by atoms with van der Waals surface area (Å²) >= 11 is 0. The van der Waals surface area contributed by atoms with Crippen molar-refractivity contribution in [2.45, 2.75) is 31.2 Å². The van der Waals surface area contributed by atoms with Crippen LogP contribution in [0.2, 0.25) is 0 Å². The van der Waals surface area contributed by atoms with E-state index in [9.17, 15) is 17.6 Å². The Bertz CT molecular complexity index is 615. The molecule has 1 aromatic rings. The van der Waals surface area contributed by atoms with Gasteiger partial charge in [0.15, 0.2) is 0 Å². The summed E-state index contributed by atoms with van der Waals surface area (Å²) in [7, 11) is -4.09.